The van der Waals surface area contributed by atoms with Gasteiger partial charge in [-0.3, -0.25) is 9.35 Å². The van der Waals surface area contributed by atoms with Gasteiger partial charge in [0.1, 0.15) is 0 Å². The number of aliphatic hydroxyl groups is 1. The molecule has 0 aliphatic heterocycles. The number of carboxylic acid groups (broad SMARTS) is 1. The molecule has 4 aliphatic carbocycles. The van der Waals surface area contributed by atoms with Crippen LogP contribution in [0.1, 0.15) is 91.4 Å². The highest BCUT2D eigenvalue weighted by atomic mass is 32.2. The Morgan fingerprint density at radius 1 is 1.03 bits per heavy atom. The van der Waals surface area contributed by atoms with E-state index in [1.54, 1.807) is 0 Å². The van der Waals surface area contributed by atoms with Gasteiger partial charge < -0.3 is 15.5 Å². The van der Waals surface area contributed by atoms with Gasteiger partial charge in [-0.15, -0.1) is 0 Å². The van der Waals surface area contributed by atoms with Gasteiger partial charge in [0.15, 0.2) is 4.93 Å². The van der Waals surface area contributed by atoms with Gasteiger partial charge in [-0.05, 0) is 124 Å². The fourth-order valence-corrected chi connectivity index (χ4v) is 10.1. The number of fused-ring (bicyclic) bond motifs is 5. The number of nitrogens with one attached hydrogen (secondary N) is 1. The van der Waals surface area contributed by atoms with Crippen molar-refractivity contribution in [1.82, 2.24) is 5.32 Å². The zero-order valence-electron chi connectivity index (χ0n) is 21.1. The molecule has 4 fully saturated rings. The highest BCUT2D eigenvalue weighted by molar-refractivity contribution is 7.87. The molecular formula is C26H45NO6S. The molecule has 7 nitrogen and oxygen atoms in total. The predicted molar refractivity (Wildman–Crippen MR) is 131 cm³/mol. The van der Waals surface area contributed by atoms with E-state index in [2.05, 4.69) is 26.1 Å². The molecule has 4 N–H and O–H groups in total. The van der Waals surface area contributed by atoms with E-state index >= 15 is 0 Å². The van der Waals surface area contributed by atoms with E-state index in [9.17, 15) is 22.9 Å². The molecule has 8 heteroatoms. The minimum absolute atomic E-state index is 0.0298. The Labute approximate surface area is 205 Å². The maximum atomic E-state index is 11.9. The van der Waals surface area contributed by atoms with Crippen LogP contribution in [0.5, 0.6) is 0 Å². The lowest BCUT2D eigenvalue weighted by Gasteiger charge is -2.62. The molecule has 0 saturated heterocycles. The van der Waals surface area contributed by atoms with E-state index < -0.39 is 21.0 Å². The third-order valence-corrected chi connectivity index (χ3v) is 12.5. The zero-order chi connectivity index (χ0) is 24.9. The second kappa shape index (κ2) is 9.31. The van der Waals surface area contributed by atoms with Gasteiger partial charge in [0.05, 0.1) is 6.54 Å². The molecule has 0 aromatic rings. The van der Waals surface area contributed by atoms with Crippen LogP contribution < -0.4 is 5.32 Å². The first-order chi connectivity index (χ1) is 15.8. The van der Waals surface area contributed by atoms with Crippen LogP contribution in [0.3, 0.4) is 0 Å². The average Bonchev–Trinajstić information content (AvgIpc) is 3.10. The van der Waals surface area contributed by atoms with Crippen LogP contribution in [0.15, 0.2) is 0 Å². The molecule has 4 saturated carbocycles. The normalized spacial score (nSPS) is 45.1. The van der Waals surface area contributed by atoms with Gasteiger partial charge in [-0.1, -0.05) is 20.8 Å². The molecule has 4 aliphatic rings. The summed E-state index contributed by atoms with van der Waals surface area (Å²) in [5.41, 5.74) is 0.392. The first-order valence-corrected chi connectivity index (χ1v) is 14.9. The summed E-state index contributed by atoms with van der Waals surface area (Å²) in [6, 6.07) is 0. The number of rotatable bonds is 8. The smallest absolute Gasteiger partial charge is 0.317 e. The van der Waals surface area contributed by atoms with Crippen LogP contribution in [-0.2, 0) is 14.9 Å². The number of hydrogen-bond donors (Lipinski definition) is 4. The van der Waals surface area contributed by atoms with Crippen molar-refractivity contribution in [2.24, 2.45) is 46.3 Å². The Morgan fingerprint density at radius 2 is 1.74 bits per heavy atom. The summed E-state index contributed by atoms with van der Waals surface area (Å²) in [4.78, 5) is 8.72. The molecular weight excluding hydrogens is 454 g/mol. The minimum Gasteiger partial charge on any atom is -0.480 e. The highest BCUT2D eigenvalue weighted by Crippen LogP contribution is 2.69. The molecule has 0 radical (unpaired) electrons. The van der Waals surface area contributed by atoms with Gasteiger partial charge >= 0.3 is 5.97 Å². The summed E-state index contributed by atoms with van der Waals surface area (Å²) in [5, 5.41) is 22.5. The average molecular weight is 500 g/mol. The van der Waals surface area contributed by atoms with E-state index in [4.69, 9.17) is 5.11 Å². The second-order valence-electron chi connectivity index (χ2n) is 12.7. The van der Waals surface area contributed by atoms with Crippen molar-refractivity contribution in [2.45, 2.75) is 96.3 Å². The summed E-state index contributed by atoms with van der Waals surface area (Å²) in [6.45, 7) is 8.03. The predicted octanol–water partition coefficient (Wildman–Crippen LogP) is 4.31. The van der Waals surface area contributed by atoms with Crippen LogP contribution in [0, 0.1) is 46.3 Å². The SMILES string of the molecule is C[C@H](CCCNCC(=O)O)[C@H]1CC[C@H]2[C@@H]3CC[C@@H]4C[C@@](O)(S(=O)(=O)O)CC[C@]4(C)[C@H]3CC[C@]12C. The molecule has 0 spiro atoms. The quantitative estimate of drug-likeness (QED) is 0.290. The van der Waals surface area contributed by atoms with Gasteiger partial charge in [0.2, 0.25) is 0 Å². The number of aliphatic carboxylic acids is 1. The first kappa shape index (κ1) is 26.4. The lowest BCUT2D eigenvalue weighted by molar-refractivity contribution is -0.136. The van der Waals surface area contributed by atoms with E-state index in [1.165, 1.54) is 25.7 Å². The Hall–Kier alpha value is -0.700. The van der Waals surface area contributed by atoms with Crippen LogP contribution in [0.4, 0.5) is 0 Å². The molecule has 0 amide bonds. The first-order valence-electron chi connectivity index (χ1n) is 13.4. The van der Waals surface area contributed by atoms with Crippen LogP contribution in [0.25, 0.3) is 0 Å². The number of carbonyl (C=O) groups is 1. The molecule has 0 unspecified atom stereocenters. The fourth-order valence-electron chi connectivity index (χ4n) is 9.37. The standard InChI is InChI=1S/C26H45NO6S/c1-17(5-4-14-27-16-23(28)29)20-8-9-21-19-7-6-18-15-26(30,34(31,32)33)13-12-24(18,2)22(19)10-11-25(20,21)3/h17-22,27,30H,4-16H2,1-3H3,(H,28,29)(H,31,32,33)/t17-,18-,19+,20-,21+,22+,24+,25-,26+/m1/s1. The highest BCUT2D eigenvalue weighted by Gasteiger charge is 2.62. The Kier molecular flexibility index (Phi) is 7.22. The minimum atomic E-state index is -4.47. The van der Waals surface area contributed by atoms with Gasteiger partial charge in [0, 0.05) is 0 Å². The van der Waals surface area contributed by atoms with Crippen molar-refractivity contribution in [3.63, 3.8) is 0 Å². The largest absolute Gasteiger partial charge is 0.480 e. The second-order valence-corrected chi connectivity index (χ2v) is 14.4. The van der Waals surface area contributed by atoms with Crippen molar-refractivity contribution in [1.29, 1.82) is 0 Å². The maximum absolute atomic E-state index is 11.9. The summed E-state index contributed by atoms with van der Waals surface area (Å²) < 4.78 is 33.4. The molecule has 34 heavy (non-hydrogen) atoms. The van der Waals surface area contributed by atoms with E-state index in [-0.39, 0.29) is 30.7 Å². The van der Waals surface area contributed by atoms with Crippen LogP contribution >= 0.6 is 0 Å². The van der Waals surface area contributed by atoms with E-state index in [0.29, 0.717) is 41.4 Å². The van der Waals surface area contributed by atoms with E-state index in [0.717, 1.165) is 32.2 Å². The molecule has 0 aromatic carbocycles. The molecule has 4 rings (SSSR count). The molecule has 9 atom stereocenters. The maximum Gasteiger partial charge on any atom is 0.317 e. The summed E-state index contributed by atoms with van der Waals surface area (Å²) >= 11 is 0. The van der Waals surface area contributed by atoms with Crippen molar-refractivity contribution in [3.8, 4) is 0 Å². The number of carboxylic acids is 1. The fraction of sp³-hybridized carbons (Fsp3) is 0.962. The van der Waals surface area contributed by atoms with Gasteiger partial charge in [-0.2, -0.15) is 8.42 Å². The monoisotopic (exact) mass is 499 g/mol. The van der Waals surface area contributed by atoms with Gasteiger partial charge in [0.25, 0.3) is 10.1 Å². The Balaban J connectivity index is 1.41. The molecule has 196 valence electrons. The Bertz CT molecular complexity index is 879. The van der Waals surface area contributed by atoms with Crippen LogP contribution in [-0.4, -0.2) is 47.2 Å². The van der Waals surface area contributed by atoms with Gasteiger partial charge in [-0.25, -0.2) is 0 Å². The van der Waals surface area contributed by atoms with Crippen LogP contribution in [0.2, 0.25) is 0 Å². The summed E-state index contributed by atoms with van der Waals surface area (Å²) in [7, 11) is -4.47. The zero-order valence-corrected chi connectivity index (χ0v) is 21.9. The Morgan fingerprint density at radius 3 is 2.41 bits per heavy atom. The molecule has 0 aromatic heterocycles. The summed E-state index contributed by atoms with van der Waals surface area (Å²) in [5.74, 6) is 2.64. The van der Waals surface area contributed by atoms with Crippen molar-refractivity contribution >= 4 is 16.1 Å². The molecule has 0 heterocycles. The lowest BCUT2D eigenvalue weighted by atomic mass is 9.44. The van der Waals surface area contributed by atoms with E-state index in [1.807, 2.05) is 0 Å². The van der Waals surface area contributed by atoms with Crippen molar-refractivity contribution < 1.29 is 28.0 Å². The summed E-state index contributed by atoms with van der Waals surface area (Å²) in [6.07, 6.45) is 10.1. The number of hydrogen-bond acceptors (Lipinski definition) is 5. The lowest BCUT2D eigenvalue weighted by Crippen LogP contribution is -2.57. The topological polar surface area (TPSA) is 124 Å². The molecule has 0 bridgehead atoms. The van der Waals surface area contributed by atoms with Crippen molar-refractivity contribution in [3.05, 3.63) is 0 Å². The third-order valence-electron chi connectivity index (χ3n) is 11.2. The third kappa shape index (κ3) is 4.46. The van der Waals surface area contributed by atoms with Crippen molar-refractivity contribution in [2.75, 3.05) is 13.1 Å².